The number of hydrogen-bond acceptors (Lipinski definition) is 7. The van der Waals surface area contributed by atoms with Crippen LogP contribution in [0, 0.1) is 0 Å². The first-order valence-electron chi connectivity index (χ1n) is 9.19. The number of anilines is 1. The molecule has 3 N–H and O–H groups in total. The largest absolute Gasteiger partial charge is 0.496 e. The quantitative estimate of drug-likeness (QED) is 0.710. The highest BCUT2D eigenvalue weighted by Gasteiger charge is 2.20. The van der Waals surface area contributed by atoms with Gasteiger partial charge in [0, 0.05) is 24.1 Å². The summed E-state index contributed by atoms with van der Waals surface area (Å²) in [4.78, 5) is 8.76. The van der Waals surface area contributed by atoms with E-state index >= 15 is 0 Å². The van der Waals surface area contributed by atoms with Crippen LogP contribution in [0.25, 0.3) is 5.65 Å². The van der Waals surface area contributed by atoms with E-state index in [9.17, 15) is 0 Å². The molecule has 0 saturated carbocycles. The Morgan fingerprint density at radius 3 is 2.93 bits per heavy atom. The second-order valence-electron chi connectivity index (χ2n) is 6.75. The molecule has 0 spiro atoms. The Bertz CT molecular complexity index is 935. The Morgan fingerprint density at radius 2 is 2.15 bits per heavy atom. The first-order valence-corrected chi connectivity index (χ1v) is 9.19. The molecule has 0 unspecified atom stereocenters. The average molecular weight is 368 g/mol. The van der Waals surface area contributed by atoms with Gasteiger partial charge in [0.25, 0.3) is 0 Å². The maximum absolute atomic E-state index is 6.10. The van der Waals surface area contributed by atoms with Gasteiger partial charge in [-0.25, -0.2) is 0 Å². The number of para-hydroxylation sites is 1. The topological polar surface area (TPSA) is 99.6 Å². The van der Waals surface area contributed by atoms with E-state index in [1.165, 1.54) is 0 Å². The summed E-state index contributed by atoms with van der Waals surface area (Å²) in [7, 11) is 1.67. The summed E-state index contributed by atoms with van der Waals surface area (Å²) in [6.45, 7) is 3.90. The number of rotatable bonds is 5. The molecule has 4 rings (SSSR count). The van der Waals surface area contributed by atoms with E-state index in [1.807, 2.05) is 30.3 Å². The van der Waals surface area contributed by atoms with Gasteiger partial charge in [0.2, 0.25) is 5.95 Å². The van der Waals surface area contributed by atoms with Crippen molar-refractivity contribution in [2.45, 2.75) is 31.8 Å². The molecule has 0 aliphatic carbocycles. The predicted octanol–water partition coefficient (Wildman–Crippen LogP) is 2.00. The average Bonchev–Trinajstić information content (AvgIpc) is 3.13. The highest BCUT2D eigenvalue weighted by atomic mass is 16.5. The van der Waals surface area contributed by atoms with Gasteiger partial charge in [-0.15, -0.1) is 0 Å². The molecule has 8 heteroatoms. The molecule has 0 radical (unpaired) electrons. The van der Waals surface area contributed by atoms with Crippen molar-refractivity contribution in [1.82, 2.24) is 24.9 Å². The third kappa shape index (κ3) is 3.52. The third-order valence-corrected chi connectivity index (χ3v) is 4.92. The number of benzene rings is 1. The Balaban J connectivity index is 1.64. The minimum Gasteiger partial charge on any atom is -0.496 e. The molecule has 3 aromatic rings. The van der Waals surface area contributed by atoms with Crippen molar-refractivity contribution in [3.63, 3.8) is 0 Å². The zero-order chi connectivity index (χ0) is 18.8. The second kappa shape index (κ2) is 7.40. The third-order valence-electron chi connectivity index (χ3n) is 4.92. The van der Waals surface area contributed by atoms with E-state index in [4.69, 9.17) is 15.2 Å². The molecule has 2 atom stereocenters. The molecule has 1 aliphatic rings. The number of methoxy groups -OCH3 is 1. The molecule has 27 heavy (non-hydrogen) atoms. The van der Waals surface area contributed by atoms with Gasteiger partial charge in [-0.05, 0) is 25.5 Å². The van der Waals surface area contributed by atoms with Crippen molar-refractivity contribution in [2.24, 2.45) is 0 Å². The van der Waals surface area contributed by atoms with E-state index < -0.39 is 0 Å². The zero-order valence-corrected chi connectivity index (χ0v) is 15.6. The minimum absolute atomic E-state index is 0.0224. The molecular formula is C19H24N6O2. The van der Waals surface area contributed by atoms with E-state index in [0.717, 1.165) is 42.9 Å². The predicted molar refractivity (Wildman–Crippen MR) is 102 cm³/mol. The van der Waals surface area contributed by atoms with Crippen molar-refractivity contribution in [3.8, 4) is 11.8 Å². The lowest BCUT2D eigenvalue weighted by atomic mass is 9.97. The van der Waals surface area contributed by atoms with E-state index in [2.05, 4.69) is 27.3 Å². The van der Waals surface area contributed by atoms with Crippen molar-refractivity contribution in [3.05, 3.63) is 41.6 Å². The van der Waals surface area contributed by atoms with Crippen molar-refractivity contribution in [1.29, 1.82) is 0 Å². The monoisotopic (exact) mass is 368 g/mol. The first-order chi connectivity index (χ1) is 13.2. The molecule has 0 amide bonds. The standard InChI is InChI=1S/C19H24N6O2/c1-12(14-7-3-4-8-16(14)26-2)15-10-17-22-19(23-18(20)25(17)24-15)27-13-6-5-9-21-11-13/h3-4,7-8,10,12-13,21H,5-6,9,11H2,1-2H3,(H2,20,22,23)/t12-,13+/m0/s1. The number of piperidine rings is 1. The lowest BCUT2D eigenvalue weighted by molar-refractivity contribution is 0.153. The van der Waals surface area contributed by atoms with E-state index in [1.54, 1.807) is 11.6 Å². The summed E-state index contributed by atoms with van der Waals surface area (Å²) in [6.07, 6.45) is 2.13. The summed E-state index contributed by atoms with van der Waals surface area (Å²) in [5.41, 5.74) is 8.62. The summed E-state index contributed by atoms with van der Waals surface area (Å²) in [5.74, 6) is 1.11. The van der Waals surface area contributed by atoms with Gasteiger partial charge in [0.1, 0.15) is 11.9 Å². The van der Waals surface area contributed by atoms with Crippen LogP contribution in [-0.2, 0) is 0 Å². The first kappa shape index (κ1) is 17.5. The SMILES string of the molecule is COc1ccccc1[C@H](C)c1cc2nc(O[C@@H]3CCCNC3)nc(N)n2n1. The van der Waals surface area contributed by atoms with Crippen LogP contribution >= 0.6 is 0 Å². The molecule has 1 saturated heterocycles. The van der Waals surface area contributed by atoms with Crippen LogP contribution in [0.1, 0.15) is 36.9 Å². The van der Waals surface area contributed by atoms with Crippen LogP contribution in [-0.4, -0.2) is 45.9 Å². The zero-order valence-electron chi connectivity index (χ0n) is 15.6. The maximum atomic E-state index is 6.10. The fraction of sp³-hybridized carbons (Fsp3) is 0.421. The highest BCUT2D eigenvalue weighted by Crippen LogP contribution is 2.31. The summed E-state index contributed by atoms with van der Waals surface area (Å²) in [5, 5.41) is 7.91. The number of nitrogens with zero attached hydrogens (tertiary/aromatic N) is 4. The van der Waals surface area contributed by atoms with E-state index in [0.29, 0.717) is 11.7 Å². The fourth-order valence-electron chi connectivity index (χ4n) is 3.42. The fourth-order valence-corrected chi connectivity index (χ4v) is 3.42. The smallest absolute Gasteiger partial charge is 0.322 e. The van der Waals surface area contributed by atoms with Crippen LogP contribution in [0.2, 0.25) is 0 Å². The molecule has 1 aliphatic heterocycles. The van der Waals surface area contributed by atoms with Gasteiger partial charge in [-0.2, -0.15) is 19.6 Å². The van der Waals surface area contributed by atoms with Gasteiger partial charge in [0.05, 0.1) is 12.8 Å². The van der Waals surface area contributed by atoms with Gasteiger partial charge in [-0.1, -0.05) is 25.1 Å². The highest BCUT2D eigenvalue weighted by molar-refractivity contribution is 5.48. The van der Waals surface area contributed by atoms with Crippen LogP contribution in [0.5, 0.6) is 11.8 Å². The minimum atomic E-state index is 0.0224. The number of aromatic nitrogens is 4. The maximum Gasteiger partial charge on any atom is 0.322 e. The number of nitrogen functional groups attached to an aromatic ring is 1. The number of nitrogens with two attached hydrogens (primary N) is 1. The molecule has 8 nitrogen and oxygen atoms in total. The summed E-state index contributed by atoms with van der Waals surface area (Å²) >= 11 is 0. The summed E-state index contributed by atoms with van der Waals surface area (Å²) < 4.78 is 12.9. The van der Waals surface area contributed by atoms with Crippen molar-refractivity contribution >= 4 is 11.6 Å². The normalized spacial score (nSPS) is 18.4. The molecule has 1 aromatic carbocycles. The molecule has 142 valence electrons. The Morgan fingerprint density at radius 1 is 1.30 bits per heavy atom. The number of hydrogen-bond donors (Lipinski definition) is 2. The Hall–Kier alpha value is -2.87. The van der Waals surface area contributed by atoms with Gasteiger partial charge in [0.15, 0.2) is 5.65 Å². The van der Waals surface area contributed by atoms with Crippen LogP contribution < -0.4 is 20.5 Å². The number of nitrogens with one attached hydrogen (secondary N) is 1. The number of ether oxygens (including phenoxy) is 2. The number of fused-ring (bicyclic) bond motifs is 1. The van der Waals surface area contributed by atoms with Gasteiger partial charge >= 0.3 is 6.01 Å². The molecular weight excluding hydrogens is 344 g/mol. The Kier molecular flexibility index (Phi) is 4.81. The summed E-state index contributed by atoms with van der Waals surface area (Å²) in [6, 6.07) is 10.1. The van der Waals surface area contributed by atoms with E-state index in [-0.39, 0.29) is 18.0 Å². The van der Waals surface area contributed by atoms with Crippen molar-refractivity contribution < 1.29 is 9.47 Å². The molecule has 0 bridgehead atoms. The van der Waals surface area contributed by atoms with Crippen LogP contribution in [0.15, 0.2) is 30.3 Å². The second-order valence-corrected chi connectivity index (χ2v) is 6.75. The molecule has 2 aromatic heterocycles. The van der Waals surface area contributed by atoms with Crippen LogP contribution in [0.4, 0.5) is 5.95 Å². The lowest BCUT2D eigenvalue weighted by Gasteiger charge is -2.22. The van der Waals surface area contributed by atoms with Gasteiger partial charge < -0.3 is 20.5 Å². The molecule has 1 fully saturated rings. The molecule has 3 heterocycles. The Labute approximate surface area is 157 Å². The van der Waals surface area contributed by atoms with Crippen LogP contribution in [0.3, 0.4) is 0 Å². The van der Waals surface area contributed by atoms with Gasteiger partial charge in [-0.3, -0.25) is 0 Å². The van der Waals surface area contributed by atoms with Crippen molar-refractivity contribution in [2.75, 3.05) is 25.9 Å². The lowest BCUT2D eigenvalue weighted by Crippen LogP contribution is -2.37.